The summed E-state index contributed by atoms with van der Waals surface area (Å²) in [5, 5.41) is 8.16. The number of carbonyl (C=O) groups excluding carboxylic acids is 1. The number of anilines is 1. The summed E-state index contributed by atoms with van der Waals surface area (Å²) in [7, 11) is 1.63. The van der Waals surface area contributed by atoms with Crippen molar-refractivity contribution in [3.8, 4) is 17.1 Å². The number of fused-ring (bicyclic) bond motifs is 1. The zero-order valence-electron chi connectivity index (χ0n) is 18.1. The number of piperazine rings is 1. The van der Waals surface area contributed by atoms with E-state index < -0.39 is 0 Å². The summed E-state index contributed by atoms with van der Waals surface area (Å²) in [6.45, 7) is 3.33. The highest BCUT2D eigenvalue weighted by Crippen LogP contribution is 2.28. The maximum absolute atomic E-state index is 12.9. The van der Waals surface area contributed by atoms with Gasteiger partial charge in [-0.25, -0.2) is 9.97 Å². The van der Waals surface area contributed by atoms with E-state index in [4.69, 9.17) is 17.0 Å². The average Bonchev–Trinajstić information content (AvgIpc) is 3.46. The quantitative estimate of drug-likeness (QED) is 0.422. The average molecular weight is 482 g/mol. The number of hydrogen-bond acceptors (Lipinski definition) is 8. The van der Waals surface area contributed by atoms with Gasteiger partial charge in [-0.1, -0.05) is 11.3 Å². The van der Waals surface area contributed by atoms with Gasteiger partial charge in [0.05, 0.1) is 7.11 Å². The number of aromatic nitrogens is 5. The van der Waals surface area contributed by atoms with Crippen LogP contribution in [0.2, 0.25) is 0 Å². The van der Waals surface area contributed by atoms with Crippen LogP contribution in [0.15, 0.2) is 42.6 Å². The van der Waals surface area contributed by atoms with E-state index in [0.717, 1.165) is 39.9 Å². The molecular formula is C22H23N7O2S2. The summed E-state index contributed by atoms with van der Waals surface area (Å²) < 4.78 is 7.60. The molecule has 0 spiro atoms. The van der Waals surface area contributed by atoms with E-state index in [0.29, 0.717) is 36.7 Å². The summed E-state index contributed by atoms with van der Waals surface area (Å²) in [6, 6.07) is 11.5. The Labute approximate surface area is 199 Å². The second-order valence-corrected chi connectivity index (χ2v) is 9.02. The van der Waals surface area contributed by atoms with Crippen molar-refractivity contribution < 1.29 is 9.53 Å². The minimum atomic E-state index is 0.115. The first-order valence-corrected chi connectivity index (χ1v) is 11.9. The number of ether oxygens (including phenoxy) is 1. The molecule has 1 aliphatic rings. The van der Waals surface area contributed by atoms with Crippen LogP contribution in [0.4, 0.5) is 5.13 Å². The van der Waals surface area contributed by atoms with Gasteiger partial charge in [0.2, 0.25) is 5.91 Å². The van der Waals surface area contributed by atoms with Crippen LogP contribution in [0, 0.1) is 4.77 Å². The summed E-state index contributed by atoms with van der Waals surface area (Å²) in [4.78, 5) is 27.0. The maximum Gasteiger partial charge on any atom is 0.224 e. The number of amides is 1. The second kappa shape index (κ2) is 9.28. The Bertz CT molecular complexity index is 1290. The second-order valence-electron chi connectivity index (χ2n) is 7.67. The number of hydrogen-bond donors (Lipinski definition) is 1. The van der Waals surface area contributed by atoms with Crippen molar-refractivity contribution in [1.82, 2.24) is 29.6 Å². The number of pyridine rings is 1. The van der Waals surface area contributed by atoms with E-state index in [9.17, 15) is 4.79 Å². The van der Waals surface area contributed by atoms with Gasteiger partial charge in [-0.3, -0.25) is 14.5 Å². The number of methoxy groups -OCH3 is 1. The third-order valence-electron chi connectivity index (χ3n) is 5.71. The highest BCUT2D eigenvalue weighted by molar-refractivity contribution is 7.71. The highest BCUT2D eigenvalue weighted by Gasteiger charge is 2.23. The molecule has 1 N–H and O–H groups in total. The van der Waals surface area contributed by atoms with Crippen molar-refractivity contribution in [3.63, 3.8) is 0 Å². The van der Waals surface area contributed by atoms with Crippen LogP contribution in [0.5, 0.6) is 5.75 Å². The third-order valence-corrected chi connectivity index (χ3v) is 7.07. The zero-order valence-corrected chi connectivity index (χ0v) is 19.7. The molecule has 170 valence electrons. The SMILES string of the molecule is COc1ccc(-c2n[nH]c(=S)n2CCC(=O)N2CCN(c3nc4cccnc4s3)CC2)cc1. The fourth-order valence-electron chi connectivity index (χ4n) is 3.89. The van der Waals surface area contributed by atoms with E-state index in [1.54, 1.807) is 24.6 Å². The van der Waals surface area contributed by atoms with Crippen LogP contribution < -0.4 is 9.64 Å². The molecule has 0 bridgehead atoms. The molecule has 1 fully saturated rings. The first kappa shape index (κ1) is 21.5. The number of H-pyrrole nitrogens is 1. The van der Waals surface area contributed by atoms with E-state index >= 15 is 0 Å². The number of nitrogens with zero attached hydrogens (tertiary/aromatic N) is 6. The first-order chi connectivity index (χ1) is 16.1. The van der Waals surface area contributed by atoms with Crippen molar-refractivity contribution in [2.45, 2.75) is 13.0 Å². The molecule has 0 atom stereocenters. The Kier molecular flexibility index (Phi) is 6.05. The summed E-state index contributed by atoms with van der Waals surface area (Å²) in [5.41, 5.74) is 1.83. The van der Waals surface area contributed by atoms with E-state index in [1.807, 2.05) is 45.9 Å². The first-order valence-electron chi connectivity index (χ1n) is 10.7. The molecule has 33 heavy (non-hydrogen) atoms. The Hall–Kier alpha value is -3.31. The van der Waals surface area contributed by atoms with Crippen molar-refractivity contribution in [2.24, 2.45) is 0 Å². The number of rotatable bonds is 6. The molecule has 1 aromatic carbocycles. The van der Waals surface area contributed by atoms with Crippen molar-refractivity contribution >= 4 is 44.9 Å². The smallest absolute Gasteiger partial charge is 0.224 e. The van der Waals surface area contributed by atoms with E-state index in [-0.39, 0.29) is 5.91 Å². The lowest BCUT2D eigenvalue weighted by atomic mass is 10.2. The lowest BCUT2D eigenvalue weighted by Crippen LogP contribution is -2.48. The van der Waals surface area contributed by atoms with Gasteiger partial charge in [0.15, 0.2) is 15.7 Å². The Balaban J connectivity index is 1.20. The number of benzene rings is 1. The molecule has 9 nitrogen and oxygen atoms in total. The third kappa shape index (κ3) is 4.46. The van der Waals surface area contributed by atoms with Crippen LogP contribution in [0.25, 0.3) is 21.7 Å². The van der Waals surface area contributed by atoms with Crippen LogP contribution in [0.1, 0.15) is 6.42 Å². The van der Waals surface area contributed by atoms with Gasteiger partial charge in [0.1, 0.15) is 16.1 Å². The fraction of sp³-hybridized carbons (Fsp3) is 0.318. The molecule has 4 heterocycles. The van der Waals surface area contributed by atoms with Crippen LogP contribution >= 0.6 is 23.6 Å². The topological polar surface area (TPSA) is 92.2 Å². The molecule has 0 aliphatic carbocycles. The molecule has 1 amide bonds. The standard InChI is InChI=1S/C22H23N7O2S2/c1-31-16-6-4-15(5-7-16)19-25-26-21(32)29(19)10-8-18(30)27-11-13-28(14-12-27)22-24-17-3-2-9-23-20(17)33-22/h2-7,9H,8,10-14H2,1H3,(H,26,32). The minimum absolute atomic E-state index is 0.115. The zero-order chi connectivity index (χ0) is 22.8. The van der Waals surface area contributed by atoms with E-state index in [2.05, 4.69) is 25.1 Å². The molecule has 11 heteroatoms. The van der Waals surface area contributed by atoms with Gasteiger partial charge in [-0.15, -0.1) is 0 Å². The number of thiazole rings is 1. The number of carbonyl (C=O) groups is 1. The van der Waals surface area contributed by atoms with Gasteiger partial charge >= 0.3 is 0 Å². The molecule has 3 aromatic heterocycles. The molecule has 1 aliphatic heterocycles. The molecule has 4 aromatic rings. The fourth-order valence-corrected chi connectivity index (χ4v) is 5.08. The molecule has 0 radical (unpaired) electrons. The number of aromatic amines is 1. The monoisotopic (exact) mass is 481 g/mol. The van der Waals surface area contributed by atoms with Gasteiger partial charge in [-0.2, -0.15) is 5.10 Å². The van der Waals surface area contributed by atoms with Crippen molar-refractivity contribution in [3.05, 3.63) is 47.4 Å². The largest absolute Gasteiger partial charge is 0.497 e. The van der Waals surface area contributed by atoms with Gasteiger partial charge in [-0.05, 0) is 48.6 Å². The lowest BCUT2D eigenvalue weighted by molar-refractivity contribution is -0.131. The maximum atomic E-state index is 12.9. The molecule has 5 rings (SSSR count). The number of nitrogens with one attached hydrogen (secondary N) is 1. The molecule has 1 saturated heterocycles. The highest BCUT2D eigenvalue weighted by atomic mass is 32.1. The Morgan fingerprint density at radius 3 is 2.70 bits per heavy atom. The van der Waals surface area contributed by atoms with E-state index in [1.165, 1.54) is 0 Å². The molecular weight excluding hydrogens is 458 g/mol. The predicted molar refractivity (Wildman–Crippen MR) is 130 cm³/mol. The van der Waals surface area contributed by atoms with Crippen molar-refractivity contribution in [1.29, 1.82) is 0 Å². The Morgan fingerprint density at radius 2 is 1.97 bits per heavy atom. The summed E-state index contributed by atoms with van der Waals surface area (Å²) >= 11 is 7.00. The normalized spacial score (nSPS) is 14.1. The lowest BCUT2D eigenvalue weighted by Gasteiger charge is -2.34. The van der Waals surface area contributed by atoms with Crippen molar-refractivity contribution in [2.75, 3.05) is 38.2 Å². The van der Waals surface area contributed by atoms with Gasteiger partial charge in [0.25, 0.3) is 0 Å². The van der Waals surface area contributed by atoms with Gasteiger partial charge < -0.3 is 14.5 Å². The minimum Gasteiger partial charge on any atom is -0.497 e. The summed E-state index contributed by atoms with van der Waals surface area (Å²) in [5.74, 6) is 1.60. The van der Waals surface area contributed by atoms with Crippen LogP contribution in [0.3, 0.4) is 0 Å². The van der Waals surface area contributed by atoms with Crippen LogP contribution in [-0.4, -0.2) is 68.8 Å². The van der Waals surface area contributed by atoms with Gasteiger partial charge in [0, 0.05) is 50.9 Å². The van der Waals surface area contributed by atoms with Crippen LogP contribution in [-0.2, 0) is 11.3 Å². The molecule has 0 saturated carbocycles. The summed E-state index contributed by atoms with van der Waals surface area (Å²) in [6.07, 6.45) is 2.15. The molecule has 0 unspecified atom stereocenters. The Morgan fingerprint density at radius 1 is 1.18 bits per heavy atom. The predicted octanol–water partition coefficient (Wildman–Crippen LogP) is 3.36.